The number of nitrogens with zero attached hydrogens (tertiary/aromatic N) is 2. The molecule has 3 rings (SSSR count). The molecule has 0 amide bonds. The van der Waals surface area contributed by atoms with E-state index >= 15 is 0 Å². The Morgan fingerprint density at radius 3 is 2.27 bits per heavy atom. The predicted molar refractivity (Wildman–Crippen MR) is 96.5 cm³/mol. The molecular weight excluding hydrogens is 335 g/mol. The molecule has 1 aliphatic heterocycles. The molecular formula is C16H14ClN2OPS. The highest BCUT2D eigenvalue weighted by molar-refractivity contribution is 8.59. The fraction of sp³-hybridized carbons (Fsp3) is 0.125. The molecule has 1 heterocycles. The van der Waals surface area contributed by atoms with E-state index in [2.05, 4.69) is 22.1 Å². The molecule has 0 saturated heterocycles. The van der Waals surface area contributed by atoms with Crippen molar-refractivity contribution in [3.05, 3.63) is 60.7 Å². The Bertz CT molecular complexity index is 650. The number of alkyl halides is 1. The van der Waals surface area contributed by atoms with Gasteiger partial charge in [0.15, 0.2) is 0 Å². The Kier molecular flexibility index (Phi) is 4.82. The third kappa shape index (κ3) is 4.10. The Morgan fingerprint density at radius 2 is 1.68 bits per heavy atom. The Hall–Kier alpha value is -1.35. The average molecular weight is 349 g/mol. The lowest BCUT2D eigenvalue weighted by Crippen LogP contribution is -2.04. The zero-order valence-electron chi connectivity index (χ0n) is 11.9. The van der Waals surface area contributed by atoms with Crippen molar-refractivity contribution in [2.45, 2.75) is 16.9 Å². The van der Waals surface area contributed by atoms with Crippen molar-refractivity contribution in [1.82, 2.24) is 0 Å². The van der Waals surface area contributed by atoms with E-state index in [-0.39, 0.29) is 0 Å². The summed E-state index contributed by atoms with van der Waals surface area (Å²) in [6.45, 7) is 1.77. The first-order chi connectivity index (χ1) is 10.6. The molecule has 112 valence electrons. The number of halogens is 1. The molecule has 0 spiro atoms. The van der Waals surface area contributed by atoms with Gasteiger partial charge in [-0.3, -0.25) is 0 Å². The van der Waals surface area contributed by atoms with Gasteiger partial charge in [0.05, 0.1) is 6.21 Å². The van der Waals surface area contributed by atoms with Gasteiger partial charge in [0.2, 0.25) is 12.5 Å². The molecule has 2 atom stereocenters. The molecule has 2 aromatic carbocycles. The first-order valence-electron chi connectivity index (χ1n) is 6.73. The number of para-hydroxylation sites is 1. The van der Waals surface area contributed by atoms with Gasteiger partial charge in [-0.1, -0.05) is 59.4 Å². The van der Waals surface area contributed by atoms with Crippen molar-refractivity contribution in [3.8, 4) is 5.75 Å². The van der Waals surface area contributed by atoms with Crippen LogP contribution in [0.4, 0.5) is 0 Å². The maximum atomic E-state index is 6.17. The van der Waals surface area contributed by atoms with Crippen LogP contribution in [-0.2, 0) is 0 Å². The van der Waals surface area contributed by atoms with Crippen LogP contribution in [0.2, 0.25) is 0 Å². The lowest BCUT2D eigenvalue weighted by molar-refractivity contribution is 0.636. The summed E-state index contributed by atoms with van der Waals surface area (Å²) in [5.74, 6) is 0.816. The highest BCUT2D eigenvalue weighted by Gasteiger charge is 2.29. The summed E-state index contributed by atoms with van der Waals surface area (Å²) in [4.78, 5) is 9.80. The van der Waals surface area contributed by atoms with Gasteiger partial charge < -0.3 is 4.52 Å². The maximum Gasteiger partial charge on any atom is 0.223 e. The number of benzene rings is 2. The summed E-state index contributed by atoms with van der Waals surface area (Å²) in [5.41, 5.74) is 0.796. The second-order valence-corrected chi connectivity index (χ2v) is 8.77. The Balaban J connectivity index is 1.84. The van der Waals surface area contributed by atoms with Crippen LogP contribution in [-0.4, -0.2) is 16.8 Å². The minimum atomic E-state index is -1.04. The molecule has 1 aliphatic rings. The normalized spacial score (nSPS) is 21.5. The summed E-state index contributed by atoms with van der Waals surface area (Å²) >= 11 is 7.82. The first kappa shape index (κ1) is 15.5. The van der Waals surface area contributed by atoms with Crippen molar-refractivity contribution in [1.29, 1.82) is 0 Å². The predicted octanol–water partition coefficient (Wildman–Crippen LogP) is 5.57. The molecule has 0 bridgehead atoms. The molecule has 0 aromatic heterocycles. The Morgan fingerprint density at radius 1 is 1.05 bits per heavy atom. The van der Waals surface area contributed by atoms with Crippen molar-refractivity contribution in [3.63, 3.8) is 0 Å². The summed E-state index contributed by atoms with van der Waals surface area (Å²) in [6, 6.07) is 19.9. The summed E-state index contributed by atoms with van der Waals surface area (Å²) in [6.07, 6.45) is 1.72. The zero-order chi connectivity index (χ0) is 15.4. The highest BCUT2D eigenvalue weighted by Crippen LogP contribution is 2.56. The molecule has 6 heteroatoms. The van der Waals surface area contributed by atoms with Crippen molar-refractivity contribution >= 4 is 42.0 Å². The fourth-order valence-corrected chi connectivity index (χ4v) is 5.29. The monoisotopic (exact) mass is 348 g/mol. The van der Waals surface area contributed by atoms with Crippen LogP contribution in [0.15, 0.2) is 75.5 Å². The Labute approximate surface area is 140 Å². The van der Waals surface area contributed by atoms with Gasteiger partial charge in [0.25, 0.3) is 0 Å². The van der Waals surface area contributed by atoms with E-state index in [0.29, 0.717) is 0 Å². The first-order valence-corrected chi connectivity index (χ1v) is 9.78. The van der Waals surface area contributed by atoms with Gasteiger partial charge in [-0.25, -0.2) is 9.98 Å². The summed E-state index contributed by atoms with van der Waals surface area (Å²) < 4.78 is 6.14. The van der Waals surface area contributed by atoms with Crippen molar-refractivity contribution in [2.24, 2.45) is 9.98 Å². The van der Waals surface area contributed by atoms with Crippen LogP contribution >= 0.6 is 30.3 Å². The molecule has 0 radical (unpaired) electrons. The second kappa shape index (κ2) is 6.82. The smallest absolute Gasteiger partial charge is 0.223 e. The van der Waals surface area contributed by atoms with E-state index in [1.54, 1.807) is 24.5 Å². The van der Waals surface area contributed by atoms with E-state index in [9.17, 15) is 0 Å². The van der Waals surface area contributed by atoms with E-state index < -0.39 is 12.5 Å². The van der Waals surface area contributed by atoms with Gasteiger partial charge in [0.1, 0.15) is 11.2 Å². The third-order valence-electron chi connectivity index (χ3n) is 2.78. The number of aliphatic imine (C=N–C) groups is 2. The second-order valence-electron chi connectivity index (χ2n) is 4.70. The highest BCUT2D eigenvalue weighted by atomic mass is 35.5. The molecule has 2 unspecified atom stereocenters. The van der Waals surface area contributed by atoms with Crippen LogP contribution < -0.4 is 4.52 Å². The van der Waals surface area contributed by atoms with Gasteiger partial charge in [-0.2, -0.15) is 0 Å². The summed E-state index contributed by atoms with van der Waals surface area (Å²) in [5, 5.41) is -0.910. The molecule has 0 aliphatic carbocycles. The van der Waals surface area contributed by atoms with Gasteiger partial charge in [-0.15, -0.1) is 0 Å². The lowest BCUT2D eigenvalue weighted by atomic mass is 10.3. The number of rotatable bonds is 5. The molecule has 0 N–H and O–H groups in total. The largest absolute Gasteiger partial charge is 0.456 e. The number of hydrogen-bond acceptors (Lipinski definition) is 4. The molecule has 3 nitrogen and oxygen atoms in total. The standard InChI is InChI=1S/C16H14ClN2OPS/c1-16(17)18-12-15(19-16)21(20-13-8-4-2-5-9-13)22-14-10-6-3-7-11-14/h2-12H,1H3. The molecule has 22 heavy (non-hydrogen) atoms. The van der Waals surface area contributed by atoms with E-state index in [1.165, 1.54) is 0 Å². The SMILES string of the molecule is CC1(Cl)N=CC(P(Oc2ccccc2)Sc2ccccc2)=N1. The van der Waals surface area contributed by atoms with Crippen molar-refractivity contribution in [2.75, 3.05) is 0 Å². The molecule has 0 saturated carbocycles. The third-order valence-corrected chi connectivity index (χ3v) is 6.50. The van der Waals surface area contributed by atoms with E-state index in [0.717, 1.165) is 16.1 Å². The number of hydrogen-bond donors (Lipinski definition) is 0. The average Bonchev–Trinajstić information content (AvgIpc) is 2.89. The van der Waals surface area contributed by atoms with Gasteiger partial charge >= 0.3 is 0 Å². The van der Waals surface area contributed by atoms with Gasteiger partial charge in [-0.05, 0) is 31.2 Å². The zero-order valence-corrected chi connectivity index (χ0v) is 14.4. The minimum absolute atomic E-state index is 0.796. The topological polar surface area (TPSA) is 34.0 Å². The van der Waals surface area contributed by atoms with E-state index in [1.807, 2.05) is 48.5 Å². The fourth-order valence-electron chi connectivity index (χ4n) is 1.80. The van der Waals surface area contributed by atoms with Crippen LogP contribution in [0.5, 0.6) is 5.75 Å². The van der Waals surface area contributed by atoms with Gasteiger partial charge in [0, 0.05) is 4.90 Å². The summed E-state index contributed by atoms with van der Waals surface area (Å²) in [7, 11) is -1.04. The minimum Gasteiger partial charge on any atom is -0.456 e. The van der Waals surface area contributed by atoms with Crippen LogP contribution in [0.1, 0.15) is 6.92 Å². The molecule has 2 aromatic rings. The van der Waals surface area contributed by atoms with E-state index in [4.69, 9.17) is 16.1 Å². The van der Waals surface area contributed by atoms with Crippen LogP contribution in [0, 0.1) is 0 Å². The lowest BCUT2D eigenvalue weighted by Gasteiger charge is -2.17. The van der Waals surface area contributed by atoms with Crippen LogP contribution in [0.3, 0.4) is 0 Å². The maximum absolute atomic E-state index is 6.17. The van der Waals surface area contributed by atoms with Crippen molar-refractivity contribution < 1.29 is 4.52 Å². The quantitative estimate of drug-likeness (QED) is 0.402. The van der Waals surface area contributed by atoms with Crippen LogP contribution in [0.25, 0.3) is 0 Å². The molecule has 0 fully saturated rings.